The van der Waals surface area contributed by atoms with E-state index in [4.69, 9.17) is 22.1 Å². The number of carbonyl (C=O) groups excluding carboxylic acids is 3. The molecule has 4 amide bonds. The fraction of sp³-hybridized carbons (Fsp3) is 0.483. The zero-order chi connectivity index (χ0) is 28.8. The van der Waals surface area contributed by atoms with Crippen molar-refractivity contribution in [2.45, 2.75) is 50.1 Å². The highest BCUT2D eigenvalue weighted by molar-refractivity contribution is 6.30. The van der Waals surface area contributed by atoms with Gasteiger partial charge in [0.15, 0.2) is 0 Å². The van der Waals surface area contributed by atoms with E-state index in [1.165, 1.54) is 12.0 Å². The van der Waals surface area contributed by atoms with E-state index in [1.807, 2.05) is 0 Å². The quantitative estimate of drug-likeness (QED) is 0.343. The van der Waals surface area contributed by atoms with Crippen molar-refractivity contribution < 1.29 is 33.0 Å². The van der Waals surface area contributed by atoms with Crippen molar-refractivity contribution in [2.75, 3.05) is 20.3 Å². The van der Waals surface area contributed by atoms with E-state index in [2.05, 4.69) is 0 Å². The van der Waals surface area contributed by atoms with Crippen LogP contribution in [0.15, 0.2) is 36.4 Å². The van der Waals surface area contributed by atoms with Gasteiger partial charge in [0.1, 0.15) is 22.9 Å². The number of hydrogen-bond donors (Lipinski definition) is 2. The summed E-state index contributed by atoms with van der Waals surface area (Å²) in [4.78, 5) is 43.1. The number of hydrogen-bond acceptors (Lipinski definition) is 5. The molecular formula is C29H32ClF2N3O5. The monoisotopic (exact) mass is 575 g/mol. The van der Waals surface area contributed by atoms with Gasteiger partial charge < -0.3 is 20.5 Å². The van der Waals surface area contributed by atoms with Gasteiger partial charge in [0.25, 0.3) is 5.91 Å². The maximum atomic E-state index is 15.6. The molecule has 1 saturated heterocycles. The van der Waals surface area contributed by atoms with E-state index in [0.717, 1.165) is 29.9 Å². The Morgan fingerprint density at radius 3 is 2.45 bits per heavy atom. The fourth-order valence-electron chi connectivity index (χ4n) is 7.19. The molecule has 4 atom stereocenters. The van der Waals surface area contributed by atoms with Gasteiger partial charge in [-0.2, -0.15) is 0 Å². The van der Waals surface area contributed by atoms with E-state index in [0.29, 0.717) is 24.2 Å². The van der Waals surface area contributed by atoms with Crippen LogP contribution in [-0.4, -0.2) is 58.6 Å². The molecule has 1 spiro atoms. The maximum absolute atomic E-state index is 15.6. The second-order valence-corrected chi connectivity index (χ2v) is 11.3. The number of benzene rings is 2. The minimum atomic E-state index is -1.60. The number of imide groups is 1. The Morgan fingerprint density at radius 2 is 1.85 bits per heavy atom. The summed E-state index contributed by atoms with van der Waals surface area (Å²) in [6, 6.07) is 8.43. The Hall–Kier alpha value is -3.24. The molecule has 2 saturated carbocycles. The van der Waals surface area contributed by atoms with Crippen molar-refractivity contribution in [3.63, 3.8) is 0 Å². The molecule has 2 aromatic carbocycles. The average Bonchev–Trinajstić information content (AvgIpc) is 3.53. The van der Waals surface area contributed by atoms with Gasteiger partial charge in [0.05, 0.1) is 25.3 Å². The maximum Gasteiger partial charge on any atom is 0.328 e. The molecule has 0 aromatic heterocycles. The van der Waals surface area contributed by atoms with Crippen molar-refractivity contribution in [1.29, 1.82) is 0 Å². The molecule has 40 heavy (non-hydrogen) atoms. The number of nitrogens with zero attached hydrogens (tertiary/aromatic N) is 2. The fourth-order valence-corrected chi connectivity index (χ4v) is 7.35. The predicted molar refractivity (Wildman–Crippen MR) is 142 cm³/mol. The first kappa shape index (κ1) is 28.3. The molecule has 1 heterocycles. The summed E-state index contributed by atoms with van der Waals surface area (Å²) >= 11 is 6.10. The Morgan fingerprint density at radius 1 is 1.18 bits per heavy atom. The van der Waals surface area contributed by atoms with E-state index in [1.54, 1.807) is 24.3 Å². The topological polar surface area (TPSA) is 113 Å². The van der Waals surface area contributed by atoms with Crippen LogP contribution in [0, 0.1) is 29.4 Å². The normalized spacial score (nSPS) is 25.5. The molecule has 0 radical (unpaired) electrons. The number of ether oxygens (including phenoxy) is 1. The summed E-state index contributed by atoms with van der Waals surface area (Å²) in [5.41, 5.74) is 4.58. The number of urea groups is 1. The lowest BCUT2D eigenvalue weighted by molar-refractivity contribution is -0.159. The Labute approximate surface area is 236 Å². The number of β-amino-alcohol motifs (C(OH)–C–C–N with tert-alkyl or cyclic N) is 1. The third kappa shape index (κ3) is 4.41. The van der Waals surface area contributed by atoms with Crippen LogP contribution < -0.4 is 10.5 Å². The molecule has 214 valence electrons. The van der Waals surface area contributed by atoms with Crippen LogP contribution in [0.25, 0.3) is 0 Å². The summed E-state index contributed by atoms with van der Waals surface area (Å²) in [6.07, 6.45) is 2.81. The van der Waals surface area contributed by atoms with Crippen molar-refractivity contribution in [1.82, 2.24) is 9.80 Å². The summed E-state index contributed by atoms with van der Waals surface area (Å²) in [5, 5.41) is 9.63. The molecule has 3 aliphatic rings. The minimum Gasteiger partial charge on any atom is -0.497 e. The highest BCUT2D eigenvalue weighted by atomic mass is 35.5. The van der Waals surface area contributed by atoms with Crippen LogP contribution in [-0.2, 0) is 16.1 Å². The molecule has 3 unspecified atom stereocenters. The number of primary amides is 1. The van der Waals surface area contributed by atoms with Crippen LogP contribution in [0.4, 0.5) is 13.6 Å². The van der Waals surface area contributed by atoms with Crippen LogP contribution in [0.3, 0.4) is 0 Å². The third-order valence-corrected chi connectivity index (χ3v) is 9.26. The SMILES string of the molecule is COc1ccc(CN2C(=O)N(CCO)C3(CC(C(N)=O)C3[C@@H](c3c(F)ccc(Cl)c3F)C3CCCC3)C2=O)cc1. The Balaban J connectivity index is 1.63. The minimum absolute atomic E-state index is 0.0622. The number of aliphatic hydroxyl groups excluding tert-OH is 1. The lowest BCUT2D eigenvalue weighted by atomic mass is 9.50. The third-order valence-electron chi connectivity index (χ3n) is 8.97. The highest BCUT2D eigenvalue weighted by Crippen LogP contribution is 2.61. The molecule has 8 nitrogen and oxygen atoms in total. The van der Waals surface area contributed by atoms with Gasteiger partial charge in [-0.25, -0.2) is 13.6 Å². The molecule has 3 fully saturated rings. The molecule has 11 heteroatoms. The summed E-state index contributed by atoms with van der Waals surface area (Å²) < 4.78 is 36.3. The molecule has 0 bridgehead atoms. The van der Waals surface area contributed by atoms with Gasteiger partial charge in [0, 0.05) is 23.9 Å². The largest absolute Gasteiger partial charge is 0.497 e. The second kappa shape index (κ2) is 11.0. The second-order valence-electron chi connectivity index (χ2n) is 10.9. The first-order valence-corrected chi connectivity index (χ1v) is 13.8. The van der Waals surface area contributed by atoms with Crippen LogP contribution in [0.1, 0.15) is 49.1 Å². The number of rotatable bonds is 9. The number of carbonyl (C=O) groups is 3. The van der Waals surface area contributed by atoms with Crippen molar-refractivity contribution in [3.05, 3.63) is 64.2 Å². The number of methoxy groups -OCH3 is 1. The van der Waals surface area contributed by atoms with Gasteiger partial charge in [-0.3, -0.25) is 14.5 Å². The number of halogens is 3. The summed E-state index contributed by atoms with van der Waals surface area (Å²) in [6.45, 7) is -0.698. The molecule has 2 aromatic rings. The molecular weight excluding hydrogens is 544 g/mol. The summed E-state index contributed by atoms with van der Waals surface area (Å²) in [7, 11) is 1.53. The molecule has 1 aliphatic heterocycles. The standard InChI is InChI=1S/C29H32ClF2N3O5/c1-40-18-8-6-16(7-9-18)15-34-27(38)29(35(12-13-36)28(34)39)14-19(26(33)37)24(29)22(17-4-2-3-5-17)23-21(31)11-10-20(30)25(23)32/h6-11,17,19,22,24,36H,2-5,12-15H2,1H3,(H2,33,37)/t19?,22-,24?,29?/m1/s1. The van der Waals surface area contributed by atoms with E-state index in [9.17, 15) is 19.5 Å². The Kier molecular flexibility index (Phi) is 7.76. The zero-order valence-electron chi connectivity index (χ0n) is 22.1. The number of amides is 4. The van der Waals surface area contributed by atoms with Crippen molar-refractivity contribution in [3.8, 4) is 5.75 Å². The molecule has 5 rings (SSSR count). The van der Waals surface area contributed by atoms with Gasteiger partial charge in [-0.15, -0.1) is 0 Å². The van der Waals surface area contributed by atoms with Gasteiger partial charge in [-0.05, 0) is 60.9 Å². The molecule has 3 N–H and O–H groups in total. The first-order chi connectivity index (χ1) is 19.1. The van der Waals surface area contributed by atoms with Crippen LogP contribution >= 0.6 is 11.6 Å². The van der Waals surface area contributed by atoms with Crippen LogP contribution in [0.5, 0.6) is 5.75 Å². The van der Waals surface area contributed by atoms with Crippen molar-refractivity contribution in [2.24, 2.45) is 23.5 Å². The van der Waals surface area contributed by atoms with E-state index < -0.39 is 59.4 Å². The van der Waals surface area contributed by atoms with E-state index in [-0.39, 0.29) is 36.0 Å². The number of nitrogens with two attached hydrogens (primary N) is 1. The first-order valence-electron chi connectivity index (χ1n) is 13.5. The Bertz CT molecular complexity index is 1320. The predicted octanol–water partition coefficient (Wildman–Crippen LogP) is 4.22. The van der Waals surface area contributed by atoms with Crippen molar-refractivity contribution >= 4 is 29.4 Å². The van der Waals surface area contributed by atoms with Crippen LogP contribution in [0.2, 0.25) is 5.02 Å². The highest BCUT2D eigenvalue weighted by Gasteiger charge is 2.72. The van der Waals surface area contributed by atoms with Gasteiger partial charge >= 0.3 is 6.03 Å². The van der Waals surface area contributed by atoms with Gasteiger partial charge in [0.2, 0.25) is 5.91 Å². The van der Waals surface area contributed by atoms with Gasteiger partial charge in [-0.1, -0.05) is 36.6 Å². The average molecular weight is 576 g/mol. The number of aliphatic hydroxyl groups is 1. The lowest BCUT2D eigenvalue weighted by Gasteiger charge is -2.57. The summed E-state index contributed by atoms with van der Waals surface area (Å²) in [5.74, 6) is -5.56. The smallest absolute Gasteiger partial charge is 0.328 e. The molecule has 2 aliphatic carbocycles. The lowest BCUT2D eigenvalue weighted by Crippen LogP contribution is -2.70. The zero-order valence-corrected chi connectivity index (χ0v) is 22.9. The van der Waals surface area contributed by atoms with E-state index >= 15 is 8.78 Å².